The smallest absolute Gasteiger partial charge is 0.216 e. The van der Waals surface area contributed by atoms with E-state index in [1.807, 2.05) is 0 Å². The third kappa shape index (κ3) is 3.82. The van der Waals surface area contributed by atoms with Gasteiger partial charge in [0.1, 0.15) is 11.6 Å². The van der Waals surface area contributed by atoms with Crippen LogP contribution in [0.4, 0.5) is 4.39 Å². The summed E-state index contributed by atoms with van der Waals surface area (Å²) >= 11 is 5.62. The Balaban J connectivity index is 2.04. The topological polar surface area (TPSA) is 59.3 Å². The van der Waals surface area contributed by atoms with Crippen molar-refractivity contribution in [1.82, 2.24) is 4.72 Å². The van der Waals surface area contributed by atoms with Gasteiger partial charge >= 0.3 is 0 Å². The van der Waals surface area contributed by atoms with Gasteiger partial charge in [0.2, 0.25) is 10.0 Å². The fourth-order valence-electron chi connectivity index (χ4n) is 1.68. The van der Waals surface area contributed by atoms with Crippen molar-refractivity contribution in [1.29, 1.82) is 0 Å². The van der Waals surface area contributed by atoms with E-state index in [1.165, 1.54) is 18.4 Å². The molecule has 1 N–H and O–H groups in total. The number of hydrogen-bond donors (Lipinski definition) is 1. The molecule has 0 aliphatic heterocycles. The van der Waals surface area contributed by atoms with Crippen molar-refractivity contribution in [2.75, 3.05) is 0 Å². The minimum atomic E-state index is -3.53. The zero-order valence-electron chi connectivity index (χ0n) is 10.7. The van der Waals surface area contributed by atoms with Crippen molar-refractivity contribution in [2.24, 2.45) is 0 Å². The molecule has 4 nitrogen and oxygen atoms in total. The van der Waals surface area contributed by atoms with Crippen molar-refractivity contribution in [3.05, 3.63) is 58.3 Å². The molecule has 1 heterocycles. The van der Waals surface area contributed by atoms with Gasteiger partial charge in [-0.3, -0.25) is 0 Å². The van der Waals surface area contributed by atoms with Crippen LogP contribution >= 0.6 is 11.6 Å². The summed E-state index contributed by atoms with van der Waals surface area (Å²) in [5, 5.41) is -0.0941. The van der Waals surface area contributed by atoms with E-state index in [-0.39, 0.29) is 17.3 Å². The maximum Gasteiger partial charge on any atom is 0.216 e. The highest BCUT2D eigenvalue weighted by atomic mass is 35.5. The zero-order chi connectivity index (χ0) is 14.8. The minimum absolute atomic E-state index is 0.0941. The second-order valence-electron chi connectivity index (χ2n) is 4.33. The highest BCUT2D eigenvalue weighted by Crippen LogP contribution is 2.17. The number of rotatable bonds is 5. The minimum Gasteiger partial charge on any atom is -0.469 e. The molecule has 20 heavy (non-hydrogen) atoms. The van der Waals surface area contributed by atoms with Gasteiger partial charge in [-0.05, 0) is 30.7 Å². The average Bonchev–Trinajstić information content (AvgIpc) is 2.77. The van der Waals surface area contributed by atoms with E-state index in [4.69, 9.17) is 16.0 Å². The summed E-state index contributed by atoms with van der Waals surface area (Å²) < 4.78 is 44.4. The van der Waals surface area contributed by atoms with Crippen molar-refractivity contribution < 1.29 is 17.2 Å². The first-order valence-electron chi connectivity index (χ1n) is 5.81. The second-order valence-corrected chi connectivity index (χ2v) is 6.54. The molecule has 0 fully saturated rings. The van der Waals surface area contributed by atoms with Crippen LogP contribution in [0.25, 0.3) is 0 Å². The molecule has 0 bridgehead atoms. The third-order valence-electron chi connectivity index (χ3n) is 2.79. The first kappa shape index (κ1) is 15.0. The SMILES string of the molecule is Cc1occc1CNS(=O)(=O)Cc1ccc(F)c(Cl)c1. The third-order valence-corrected chi connectivity index (χ3v) is 4.38. The van der Waals surface area contributed by atoms with Crippen molar-refractivity contribution in [3.8, 4) is 0 Å². The van der Waals surface area contributed by atoms with Crippen molar-refractivity contribution in [3.63, 3.8) is 0 Å². The predicted molar refractivity (Wildman–Crippen MR) is 74.3 cm³/mol. The average molecular weight is 318 g/mol. The van der Waals surface area contributed by atoms with Crippen LogP contribution in [0.3, 0.4) is 0 Å². The van der Waals surface area contributed by atoms with Crippen molar-refractivity contribution >= 4 is 21.6 Å². The lowest BCUT2D eigenvalue weighted by Crippen LogP contribution is -2.24. The Morgan fingerprint density at radius 2 is 2.10 bits per heavy atom. The highest BCUT2D eigenvalue weighted by molar-refractivity contribution is 7.88. The lowest BCUT2D eigenvalue weighted by atomic mass is 10.2. The summed E-state index contributed by atoms with van der Waals surface area (Å²) in [5.74, 6) is -0.170. The van der Waals surface area contributed by atoms with Crippen molar-refractivity contribution in [2.45, 2.75) is 19.2 Å². The van der Waals surface area contributed by atoms with Crippen LogP contribution in [0.15, 0.2) is 34.9 Å². The summed E-state index contributed by atoms with van der Waals surface area (Å²) in [6, 6.07) is 5.54. The van der Waals surface area contributed by atoms with E-state index in [2.05, 4.69) is 4.72 Å². The zero-order valence-corrected chi connectivity index (χ0v) is 12.3. The highest BCUT2D eigenvalue weighted by Gasteiger charge is 2.13. The first-order chi connectivity index (χ1) is 9.37. The van der Waals surface area contributed by atoms with Gasteiger partial charge in [-0.25, -0.2) is 17.5 Å². The van der Waals surface area contributed by atoms with Gasteiger partial charge in [-0.1, -0.05) is 17.7 Å². The number of hydrogen-bond acceptors (Lipinski definition) is 3. The van der Waals surface area contributed by atoms with Crippen LogP contribution in [0.2, 0.25) is 5.02 Å². The molecule has 1 aromatic heterocycles. The molecule has 0 atom stereocenters. The summed E-state index contributed by atoms with van der Waals surface area (Å²) in [6.45, 7) is 1.91. The Morgan fingerprint density at radius 1 is 1.35 bits per heavy atom. The van der Waals surface area contributed by atoms with Gasteiger partial charge in [-0.15, -0.1) is 0 Å². The largest absolute Gasteiger partial charge is 0.469 e. The van der Waals surface area contributed by atoms with E-state index >= 15 is 0 Å². The van der Waals surface area contributed by atoms with Gasteiger partial charge < -0.3 is 4.42 Å². The van der Waals surface area contributed by atoms with Crippen LogP contribution in [0.1, 0.15) is 16.9 Å². The molecule has 2 rings (SSSR count). The predicted octanol–water partition coefficient (Wildman–Crippen LogP) is 3.00. The van der Waals surface area contributed by atoms with E-state index in [1.54, 1.807) is 13.0 Å². The summed E-state index contributed by atoms with van der Waals surface area (Å²) in [6.07, 6.45) is 1.50. The Kier molecular flexibility index (Phi) is 4.47. The van der Waals surface area contributed by atoms with E-state index in [9.17, 15) is 12.8 Å². The van der Waals surface area contributed by atoms with Crippen LogP contribution in [-0.2, 0) is 22.3 Å². The molecule has 0 radical (unpaired) electrons. The Labute approximate surface area is 121 Å². The van der Waals surface area contributed by atoms with E-state index < -0.39 is 15.8 Å². The van der Waals surface area contributed by atoms with Gasteiger partial charge in [0.25, 0.3) is 0 Å². The summed E-state index contributed by atoms with van der Waals surface area (Å²) in [5.41, 5.74) is 1.19. The van der Waals surface area contributed by atoms with Crippen LogP contribution < -0.4 is 4.72 Å². The molecule has 2 aromatic rings. The molecule has 0 aliphatic carbocycles. The second kappa shape index (κ2) is 5.95. The van der Waals surface area contributed by atoms with Crippen LogP contribution in [0, 0.1) is 12.7 Å². The normalized spacial score (nSPS) is 11.8. The van der Waals surface area contributed by atoms with Crippen LogP contribution in [0.5, 0.6) is 0 Å². The fraction of sp³-hybridized carbons (Fsp3) is 0.231. The molecule has 0 saturated carbocycles. The van der Waals surface area contributed by atoms with Gasteiger partial charge in [0.05, 0.1) is 17.0 Å². The molecule has 108 valence electrons. The number of aryl methyl sites for hydroxylation is 1. The Bertz CT molecular complexity index is 712. The van der Waals surface area contributed by atoms with Crippen LogP contribution in [-0.4, -0.2) is 8.42 Å². The lowest BCUT2D eigenvalue weighted by Gasteiger charge is -2.07. The van der Waals surface area contributed by atoms with E-state index in [0.29, 0.717) is 11.3 Å². The molecule has 7 heteroatoms. The standard InChI is InChI=1S/C13H13ClFNO3S/c1-9-11(4-5-19-9)7-16-20(17,18)8-10-2-3-13(15)12(14)6-10/h2-6,16H,7-8H2,1H3. The summed E-state index contributed by atoms with van der Waals surface area (Å²) in [7, 11) is -3.53. The number of halogens is 2. The molecular formula is C13H13ClFNO3S. The lowest BCUT2D eigenvalue weighted by molar-refractivity contribution is 0.528. The number of sulfonamides is 1. The molecule has 0 unspecified atom stereocenters. The maximum atomic E-state index is 13.0. The van der Waals surface area contributed by atoms with Gasteiger partial charge in [0, 0.05) is 12.1 Å². The number of nitrogens with one attached hydrogen (secondary N) is 1. The Morgan fingerprint density at radius 3 is 2.70 bits per heavy atom. The molecule has 0 spiro atoms. The monoisotopic (exact) mass is 317 g/mol. The fourth-order valence-corrected chi connectivity index (χ4v) is 2.98. The maximum absolute atomic E-state index is 13.0. The summed E-state index contributed by atoms with van der Waals surface area (Å²) in [4.78, 5) is 0. The number of benzene rings is 1. The molecule has 0 aliphatic rings. The van der Waals surface area contributed by atoms with E-state index in [0.717, 1.165) is 11.6 Å². The molecule has 0 saturated heterocycles. The van der Waals surface area contributed by atoms with Gasteiger partial charge in [0.15, 0.2) is 0 Å². The molecule has 1 aromatic carbocycles. The first-order valence-corrected chi connectivity index (χ1v) is 7.84. The van der Waals surface area contributed by atoms with Gasteiger partial charge in [-0.2, -0.15) is 0 Å². The molecule has 0 amide bonds. The molecular weight excluding hydrogens is 305 g/mol. The number of furan rings is 1. The quantitative estimate of drug-likeness (QED) is 0.922. The Hall–Kier alpha value is -1.37.